The smallest absolute Gasteiger partial charge is 0.240 e. The summed E-state index contributed by atoms with van der Waals surface area (Å²) in [6.45, 7) is 5.49. The first-order valence-electron chi connectivity index (χ1n) is 8.72. The zero-order chi connectivity index (χ0) is 17.0. The lowest BCUT2D eigenvalue weighted by Crippen LogP contribution is -2.48. The Morgan fingerprint density at radius 1 is 1.08 bits per heavy atom. The predicted octanol–water partition coefficient (Wildman–Crippen LogP) is 3.58. The quantitative estimate of drug-likeness (QED) is 0.912. The fourth-order valence-electron chi connectivity index (χ4n) is 3.37. The normalized spacial score (nSPS) is 14.3. The number of para-hydroxylation sites is 1. The maximum atomic E-state index is 12.7. The summed E-state index contributed by atoms with van der Waals surface area (Å²) in [7, 11) is 0. The molecule has 0 spiro atoms. The van der Waals surface area contributed by atoms with Crippen molar-refractivity contribution in [2.75, 3.05) is 18.0 Å². The van der Waals surface area contributed by atoms with Gasteiger partial charge < -0.3 is 10.2 Å². The number of fused-ring (bicyclic) bond motifs is 1. The third-order valence-electron chi connectivity index (χ3n) is 4.62. The van der Waals surface area contributed by atoms with Gasteiger partial charge in [-0.25, -0.2) is 0 Å². The minimum atomic E-state index is -0.119. The Kier molecular flexibility index (Phi) is 5.00. The number of anilines is 1. The molecule has 0 unspecified atom stereocenters. The van der Waals surface area contributed by atoms with Crippen LogP contribution >= 0.6 is 0 Å². The predicted molar refractivity (Wildman–Crippen MR) is 99.3 cm³/mol. The maximum absolute atomic E-state index is 12.7. The molecule has 1 aliphatic heterocycles. The third kappa shape index (κ3) is 4.04. The Bertz CT molecular complexity index is 694. The molecule has 3 nitrogen and oxygen atoms in total. The lowest BCUT2D eigenvalue weighted by atomic mass is 9.95. The van der Waals surface area contributed by atoms with Crippen LogP contribution in [0.5, 0.6) is 0 Å². The van der Waals surface area contributed by atoms with Crippen molar-refractivity contribution in [1.82, 2.24) is 5.32 Å². The van der Waals surface area contributed by atoms with Gasteiger partial charge in [-0.1, -0.05) is 48.5 Å². The molecule has 0 radical (unpaired) electrons. The SMILES string of the molecule is CC(C)(Cc1ccccc1)NCC(=O)N1CCCc2ccccc21. The third-order valence-corrected chi connectivity index (χ3v) is 4.62. The Labute approximate surface area is 144 Å². The van der Waals surface area contributed by atoms with Crippen LogP contribution in [0.15, 0.2) is 54.6 Å². The molecule has 0 bridgehead atoms. The molecule has 24 heavy (non-hydrogen) atoms. The van der Waals surface area contributed by atoms with E-state index in [2.05, 4.69) is 55.6 Å². The second kappa shape index (κ2) is 7.18. The first-order chi connectivity index (χ1) is 11.6. The van der Waals surface area contributed by atoms with E-state index < -0.39 is 0 Å². The van der Waals surface area contributed by atoms with Gasteiger partial charge in [-0.15, -0.1) is 0 Å². The van der Waals surface area contributed by atoms with Crippen molar-refractivity contribution < 1.29 is 4.79 Å². The van der Waals surface area contributed by atoms with Crippen LogP contribution in [-0.4, -0.2) is 24.5 Å². The number of benzene rings is 2. The van der Waals surface area contributed by atoms with Crippen molar-refractivity contribution >= 4 is 11.6 Å². The van der Waals surface area contributed by atoms with Crippen LogP contribution in [0.2, 0.25) is 0 Å². The summed E-state index contributed by atoms with van der Waals surface area (Å²) in [5, 5.41) is 3.44. The topological polar surface area (TPSA) is 32.3 Å². The molecule has 3 rings (SSSR count). The van der Waals surface area contributed by atoms with Crippen LogP contribution in [0.3, 0.4) is 0 Å². The van der Waals surface area contributed by atoms with Crippen molar-refractivity contribution in [3.63, 3.8) is 0 Å². The Balaban J connectivity index is 1.61. The van der Waals surface area contributed by atoms with Crippen LogP contribution in [0.1, 0.15) is 31.4 Å². The summed E-state index contributed by atoms with van der Waals surface area (Å²) in [6, 6.07) is 18.6. The number of hydrogen-bond donors (Lipinski definition) is 1. The molecule has 1 amide bonds. The zero-order valence-corrected chi connectivity index (χ0v) is 14.6. The van der Waals surface area contributed by atoms with E-state index in [0.717, 1.165) is 31.5 Å². The largest absolute Gasteiger partial charge is 0.311 e. The molecule has 0 atom stereocenters. The number of carbonyl (C=O) groups is 1. The standard InChI is InChI=1S/C21H26N2O/c1-21(2,15-17-9-4-3-5-10-17)22-16-20(24)23-14-8-12-18-11-6-7-13-19(18)23/h3-7,9-11,13,22H,8,12,14-16H2,1-2H3. The first kappa shape index (κ1) is 16.7. The highest BCUT2D eigenvalue weighted by Crippen LogP contribution is 2.26. The average molecular weight is 322 g/mol. The molecule has 0 fully saturated rings. The Morgan fingerprint density at radius 2 is 1.79 bits per heavy atom. The highest BCUT2D eigenvalue weighted by Gasteiger charge is 2.24. The first-order valence-corrected chi connectivity index (χ1v) is 8.72. The molecule has 1 aliphatic rings. The van der Waals surface area contributed by atoms with E-state index >= 15 is 0 Å². The monoisotopic (exact) mass is 322 g/mol. The number of hydrogen-bond acceptors (Lipinski definition) is 2. The van der Waals surface area contributed by atoms with E-state index in [1.165, 1.54) is 11.1 Å². The number of nitrogens with zero attached hydrogens (tertiary/aromatic N) is 1. The van der Waals surface area contributed by atoms with Gasteiger partial charge in [-0.2, -0.15) is 0 Å². The van der Waals surface area contributed by atoms with Crippen molar-refractivity contribution in [3.05, 3.63) is 65.7 Å². The molecule has 3 heteroatoms. The van der Waals surface area contributed by atoms with E-state index in [-0.39, 0.29) is 11.4 Å². The molecular weight excluding hydrogens is 296 g/mol. The van der Waals surface area contributed by atoms with E-state index in [4.69, 9.17) is 0 Å². The molecule has 0 aromatic heterocycles. The molecular formula is C21H26N2O. The summed E-state index contributed by atoms with van der Waals surface area (Å²) in [4.78, 5) is 14.7. The summed E-state index contributed by atoms with van der Waals surface area (Å²) < 4.78 is 0. The molecule has 0 saturated heterocycles. The van der Waals surface area contributed by atoms with Crippen molar-refractivity contribution in [3.8, 4) is 0 Å². The molecule has 1 N–H and O–H groups in total. The maximum Gasteiger partial charge on any atom is 0.240 e. The fraction of sp³-hybridized carbons (Fsp3) is 0.381. The summed E-state index contributed by atoms with van der Waals surface area (Å²) in [6.07, 6.45) is 3.00. The van der Waals surface area contributed by atoms with Gasteiger partial charge in [0.2, 0.25) is 5.91 Å². The summed E-state index contributed by atoms with van der Waals surface area (Å²) in [5.74, 6) is 0.156. The second-order valence-corrected chi connectivity index (χ2v) is 7.18. The summed E-state index contributed by atoms with van der Waals surface area (Å²) in [5.41, 5.74) is 3.52. The van der Waals surface area contributed by atoms with Crippen molar-refractivity contribution in [2.45, 2.75) is 38.6 Å². The van der Waals surface area contributed by atoms with Gasteiger partial charge in [-0.3, -0.25) is 4.79 Å². The minimum absolute atomic E-state index is 0.119. The lowest BCUT2D eigenvalue weighted by molar-refractivity contribution is -0.118. The fourth-order valence-corrected chi connectivity index (χ4v) is 3.37. The van der Waals surface area contributed by atoms with Crippen molar-refractivity contribution in [1.29, 1.82) is 0 Å². The van der Waals surface area contributed by atoms with E-state index in [1.807, 2.05) is 23.1 Å². The van der Waals surface area contributed by atoms with Gasteiger partial charge in [-0.05, 0) is 50.3 Å². The summed E-state index contributed by atoms with van der Waals surface area (Å²) >= 11 is 0. The average Bonchev–Trinajstić information content (AvgIpc) is 2.60. The number of rotatable bonds is 5. The van der Waals surface area contributed by atoms with Gasteiger partial charge in [0.05, 0.1) is 6.54 Å². The van der Waals surface area contributed by atoms with Crippen LogP contribution < -0.4 is 10.2 Å². The van der Waals surface area contributed by atoms with Crippen molar-refractivity contribution in [2.24, 2.45) is 0 Å². The molecule has 1 heterocycles. The molecule has 0 saturated carbocycles. The van der Waals surface area contributed by atoms with Gasteiger partial charge in [0.1, 0.15) is 0 Å². The highest BCUT2D eigenvalue weighted by molar-refractivity contribution is 5.96. The zero-order valence-electron chi connectivity index (χ0n) is 14.6. The number of nitrogens with one attached hydrogen (secondary N) is 1. The van der Waals surface area contributed by atoms with E-state index in [0.29, 0.717) is 6.54 Å². The minimum Gasteiger partial charge on any atom is -0.311 e. The van der Waals surface area contributed by atoms with Gasteiger partial charge in [0, 0.05) is 17.8 Å². The lowest BCUT2D eigenvalue weighted by Gasteiger charge is -2.32. The Hall–Kier alpha value is -2.13. The molecule has 2 aromatic rings. The van der Waals surface area contributed by atoms with Gasteiger partial charge >= 0.3 is 0 Å². The van der Waals surface area contributed by atoms with Crippen LogP contribution in [0.25, 0.3) is 0 Å². The Morgan fingerprint density at radius 3 is 2.58 bits per heavy atom. The number of aryl methyl sites for hydroxylation is 1. The second-order valence-electron chi connectivity index (χ2n) is 7.18. The molecule has 126 valence electrons. The van der Waals surface area contributed by atoms with Crippen LogP contribution in [0.4, 0.5) is 5.69 Å². The van der Waals surface area contributed by atoms with E-state index in [9.17, 15) is 4.79 Å². The molecule has 2 aromatic carbocycles. The van der Waals surface area contributed by atoms with Crippen LogP contribution in [-0.2, 0) is 17.6 Å². The molecule has 0 aliphatic carbocycles. The van der Waals surface area contributed by atoms with Gasteiger partial charge in [0.25, 0.3) is 0 Å². The number of amides is 1. The number of carbonyl (C=O) groups excluding carboxylic acids is 1. The van der Waals surface area contributed by atoms with Crippen LogP contribution in [0, 0.1) is 0 Å². The van der Waals surface area contributed by atoms with Gasteiger partial charge in [0.15, 0.2) is 0 Å². The highest BCUT2D eigenvalue weighted by atomic mass is 16.2. The van der Waals surface area contributed by atoms with E-state index in [1.54, 1.807) is 0 Å².